The Morgan fingerprint density at radius 2 is 1.63 bits per heavy atom. The zero-order valence-electron chi connectivity index (χ0n) is 15.2. The van der Waals surface area contributed by atoms with Crippen molar-refractivity contribution in [3.8, 4) is 5.75 Å². The fraction of sp³-hybridized carbons (Fsp3) is 0.250. The molecule has 2 rings (SSSR count). The molecule has 0 fully saturated rings. The summed E-state index contributed by atoms with van der Waals surface area (Å²) in [5.74, 6) is -0.957. The highest BCUT2D eigenvalue weighted by atomic mass is 16.5. The summed E-state index contributed by atoms with van der Waals surface area (Å²) in [4.78, 5) is 34.4. The summed E-state index contributed by atoms with van der Waals surface area (Å²) in [6.45, 7) is 3.77. The molecule has 0 aromatic heterocycles. The number of aliphatic carboxylic acids is 1. The molecule has 0 saturated carbocycles. The predicted octanol–water partition coefficient (Wildman–Crippen LogP) is 2.53. The van der Waals surface area contributed by atoms with E-state index in [1.54, 1.807) is 24.3 Å². The summed E-state index contributed by atoms with van der Waals surface area (Å²) >= 11 is 0. The normalized spacial score (nSPS) is 10.1. The molecule has 2 aromatic rings. The number of aryl methyl sites for hydroxylation is 2. The second-order valence-electron chi connectivity index (χ2n) is 6.03. The monoisotopic (exact) mass is 370 g/mol. The van der Waals surface area contributed by atoms with Crippen molar-refractivity contribution in [3.63, 3.8) is 0 Å². The van der Waals surface area contributed by atoms with Crippen LogP contribution in [-0.4, -0.2) is 36.0 Å². The summed E-state index contributed by atoms with van der Waals surface area (Å²) in [7, 11) is 0. The Balaban J connectivity index is 1.85. The second-order valence-corrected chi connectivity index (χ2v) is 6.03. The number of ether oxygens (including phenoxy) is 1. The molecule has 142 valence electrons. The summed E-state index contributed by atoms with van der Waals surface area (Å²) in [6.07, 6.45) is -0.139. The zero-order valence-corrected chi connectivity index (χ0v) is 15.2. The number of nitrogens with one attached hydrogen (secondary N) is 2. The van der Waals surface area contributed by atoms with Gasteiger partial charge in [0.2, 0.25) is 0 Å². The van der Waals surface area contributed by atoms with E-state index < -0.39 is 5.97 Å². The first-order valence-corrected chi connectivity index (χ1v) is 8.45. The Bertz CT molecular complexity index is 811. The van der Waals surface area contributed by atoms with E-state index in [1.807, 2.05) is 32.0 Å². The fourth-order valence-electron chi connectivity index (χ4n) is 2.45. The topological polar surface area (TPSA) is 105 Å². The van der Waals surface area contributed by atoms with Crippen LogP contribution in [0.5, 0.6) is 5.75 Å². The molecule has 0 spiro atoms. The number of amides is 2. The van der Waals surface area contributed by atoms with Crippen LogP contribution < -0.4 is 15.4 Å². The molecule has 27 heavy (non-hydrogen) atoms. The first kappa shape index (κ1) is 20.0. The number of benzene rings is 2. The smallest absolute Gasteiger partial charge is 0.305 e. The van der Waals surface area contributed by atoms with Gasteiger partial charge in [-0.15, -0.1) is 0 Å². The van der Waals surface area contributed by atoms with Gasteiger partial charge in [0.15, 0.2) is 6.61 Å². The van der Waals surface area contributed by atoms with Crippen LogP contribution in [0.3, 0.4) is 0 Å². The van der Waals surface area contributed by atoms with Crippen LogP contribution in [0, 0.1) is 13.8 Å². The van der Waals surface area contributed by atoms with Gasteiger partial charge >= 0.3 is 5.97 Å². The standard InChI is InChI=1S/C20H22N2O5/c1-13-4-3-5-14(2)19(13)27-12-17(23)22-16-8-6-15(7-9-16)20(26)21-11-10-18(24)25/h3-9H,10-12H2,1-2H3,(H,21,26)(H,22,23)(H,24,25). The van der Waals surface area contributed by atoms with Gasteiger partial charge in [0.25, 0.3) is 11.8 Å². The minimum absolute atomic E-state index is 0.0578. The van der Waals surface area contributed by atoms with E-state index in [0.29, 0.717) is 17.0 Å². The highest BCUT2D eigenvalue weighted by molar-refractivity contribution is 5.96. The molecule has 0 aliphatic carbocycles. The van der Waals surface area contributed by atoms with E-state index in [1.165, 1.54) is 0 Å². The van der Waals surface area contributed by atoms with Gasteiger partial charge in [-0.1, -0.05) is 18.2 Å². The maximum absolute atomic E-state index is 12.1. The summed E-state index contributed by atoms with van der Waals surface area (Å²) in [6, 6.07) is 12.1. The summed E-state index contributed by atoms with van der Waals surface area (Å²) in [5, 5.41) is 13.8. The average molecular weight is 370 g/mol. The minimum atomic E-state index is -0.975. The third-order valence-electron chi connectivity index (χ3n) is 3.81. The lowest BCUT2D eigenvalue weighted by Gasteiger charge is -2.12. The van der Waals surface area contributed by atoms with Crippen molar-refractivity contribution in [1.29, 1.82) is 0 Å². The Morgan fingerprint density at radius 3 is 2.22 bits per heavy atom. The van der Waals surface area contributed by atoms with Crippen molar-refractivity contribution in [2.24, 2.45) is 0 Å². The number of carboxylic acids is 1. The van der Waals surface area contributed by atoms with Crippen LogP contribution in [0.25, 0.3) is 0 Å². The second kappa shape index (κ2) is 9.38. The number of hydrogen-bond donors (Lipinski definition) is 3. The van der Waals surface area contributed by atoms with E-state index in [0.717, 1.165) is 11.1 Å². The number of para-hydroxylation sites is 1. The lowest BCUT2D eigenvalue weighted by Crippen LogP contribution is -2.26. The molecular weight excluding hydrogens is 348 g/mol. The lowest BCUT2D eigenvalue weighted by atomic mass is 10.1. The quantitative estimate of drug-likeness (QED) is 0.662. The highest BCUT2D eigenvalue weighted by Crippen LogP contribution is 2.22. The van der Waals surface area contributed by atoms with Gasteiger partial charge in [-0.05, 0) is 49.2 Å². The molecule has 2 amide bonds. The van der Waals surface area contributed by atoms with Crippen molar-refractivity contribution in [3.05, 3.63) is 59.2 Å². The number of hydrogen-bond acceptors (Lipinski definition) is 4. The molecule has 0 aliphatic heterocycles. The van der Waals surface area contributed by atoms with Gasteiger partial charge in [0, 0.05) is 17.8 Å². The molecule has 0 unspecified atom stereocenters. The molecule has 0 heterocycles. The molecule has 0 saturated heterocycles. The highest BCUT2D eigenvalue weighted by Gasteiger charge is 2.09. The molecule has 0 atom stereocenters. The molecule has 0 bridgehead atoms. The van der Waals surface area contributed by atoms with Gasteiger partial charge in [0.05, 0.1) is 6.42 Å². The third kappa shape index (κ3) is 6.14. The Hall–Kier alpha value is -3.35. The fourth-order valence-corrected chi connectivity index (χ4v) is 2.45. The molecule has 3 N–H and O–H groups in total. The molecular formula is C20H22N2O5. The van der Waals surface area contributed by atoms with Crippen LogP contribution >= 0.6 is 0 Å². The van der Waals surface area contributed by atoms with Gasteiger partial charge in [-0.2, -0.15) is 0 Å². The Morgan fingerprint density at radius 1 is 1.00 bits per heavy atom. The minimum Gasteiger partial charge on any atom is -0.483 e. The van der Waals surface area contributed by atoms with Gasteiger partial charge in [-0.3, -0.25) is 14.4 Å². The van der Waals surface area contributed by atoms with Crippen LogP contribution in [-0.2, 0) is 9.59 Å². The van der Waals surface area contributed by atoms with Gasteiger partial charge in [0.1, 0.15) is 5.75 Å². The Labute approximate surface area is 157 Å². The predicted molar refractivity (Wildman–Crippen MR) is 101 cm³/mol. The molecule has 0 aliphatic rings. The first-order chi connectivity index (χ1) is 12.9. The van der Waals surface area contributed by atoms with Crippen molar-refractivity contribution in [1.82, 2.24) is 5.32 Å². The van der Waals surface area contributed by atoms with E-state index in [2.05, 4.69) is 10.6 Å². The maximum atomic E-state index is 12.1. The number of anilines is 1. The number of carbonyl (C=O) groups excluding carboxylic acids is 2. The number of carbonyl (C=O) groups is 3. The van der Waals surface area contributed by atoms with Gasteiger partial charge in [-0.25, -0.2) is 0 Å². The zero-order chi connectivity index (χ0) is 19.8. The van der Waals surface area contributed by atoms with E-state index in [9.17, 15) is 14.4 Å². The van der Waals surface area contributed by atoms with Crippen molar-refractivity contribution in [2.45, 2.75) is 20.3 Å². The van der Waals surface area contributed by atoms with Crippen LogP contribution in [0.4, 0.5) is 5.69 Å². The summed E-state index contributed by atoms with van der Waals surface area (Å²) < 4.78 is 5.60. The lowest BCUT2D eigenvalue weighted by molar-refractivity contribution is -0.136. The number of carboxylic acid groups (broad SMARTS) is 1. The SMILES string of the molecule is Cc1cccc(C)c1OCC(=O)Nc1ccc(C(=O)NCCC(=O)O)cc1. The Kier molecular flexibility index (Phi) is 6.93. The molecule has 2 aromatic carbocycles. The van der Waals surface area contributed by atoms with E-state index >= 15 is 0 Å². The van der Waals surface area contributed by atoms with Crippen LogP contribution in [0.2, 0.25) is 0 Å². The third-order valence-corrected chi connectivity index (χ3v) is 3.81. The van der Waals surface area contributed by atoms with E-state index in [-0.39, 0.29) is 31.4 Å². The largest absolute Gasteiger partial charge is 0.483 e. The molecule has 7 nitrogen and oxygen atoms in total. The van der Waals surface area contributed by atoms with Crippen LogP contribution in [0.15, 0.2) is 42.5 Å². The first-order valence-electron chi connectivity index (χ1n) is 8.45. The maximum Gasteiger partial charge on any atom is 0.305 e. The van der Waals surface area contributed by atoms with Crippen molar-refractivity contribution >= 4 is 23.5 Å². The van der Waals surface area contributed by atoms with Crippen molar-refractivity contribution in [2.75, 3.05) is 18.5 Å². The number of rotatable bonds is 8. The van der Waals surface area contributed by atoms with Crippen molar-refractivity contribution < 1.29 is 24.2 Å². The molecule has 0 radical (unpaired) electrons. The van der Waals surface area contributed by atoms with E-state index in [4.69, 9.17) is 9.84 Å². The molecule has 7 heteroatoms. The average Bonchev–Trinajstić information content (AvgIpc) is 2.61. The summed E-state index contributed by atoms with van der Waals surface area (Å²) in [5.41, 5.74) is 2.83. The van der Waals surface area contributed by atoms with Crippen LogP contribution in [0.1, 0.15) is 27.9 Å². The van der Waals surface area contributed by atoms with Gasteiger partial charge < -0.3 is 20.5 Å².